The zero-order valence-corrected chi connectivity index (χ0v) is 16.7. The van der Waals surface area contributed by atoms with Gasteiger partial charge in [-0.05, 0) is 55.8 Å². The largest absolute Gasteiger partial charge is 0.397 e. The molecule has 3 N–H and O–H groups in total. The summed E-state index contributed by atoms with van der Waals surface area (Å²) in [5.41, 5.74) is 10.8. The molecule has 146 valence electrons. The number of carbonyl (C=O) groups excluding carboxylic acids is 1. The number of benzene rings is 2. The molecule has 1 aliphatic carbocycles. The number of amides is 1. The Morgan fingerprint density at radius 1 is 1.14 bits per heavy atom. The SMILES string of the molecule is CC1=CC(N=Nc2ccc(C#N)cc2N)=CC(C)C1NC(=O)c1ccc(C)cc1. The highest BCUT2D eigenvalue weighted by Gasteiger charge is 2.24. The normalized spacial score (nSPS) is 18.7. The van der Waals surface area contributed by atoms with Crippen molar-refractivity contribution in [1.82, 2.24) is 5.32 Å². The first-order valence-electron chi connectivity index (χ1n) is 9.36. The van der Waals surface area contributed by atoms with E-state index in [0.717, 1.165) is 11.1 Å². The summed E-state index contributed by atoms with van der Waals surface area (Å²) in [4.78, 5) is 12.6. The van der Waals surface area contributed by atoms with Crippen molar-refractivity contribution in [3.63, 3.8) is 0 Å². The van der Waals surface area contributed by atoms with Crippen LogP contribution in [0.25, 0.3) is 0 Å². The van der Waals surface area contributed by atoms with Gasteiger partial charge < -0.3 is 11.1 Å². The molecule has 6 heteroatoms. The van der Waals surface area contributed by atoms with Crippen molar-refractivity contribution < 1.29 is 4.79 Å². The fourth-order valence-corrected chi connectivity index (χ4v) is 3.22. The number of carbonyl (C=O) groups is 1. The van der Waals surface area contributed by atoms with Crippen molar-refractivity contribution in [3.05, 3.63) is 82.6 Å². The van der Waals surface area contributed by atoms with Crippen molar-refractivity contribution in [1.29, 1.82) is 5.26 Å². The molecule has 0 fully saturated rings. The first-order valence-corrected chi connectivity index (χ1v) is 9.36. The van der Waals surface area contributed by atoms with Gasteiger partial charge in [-0.2, -0.15) is 10.4 Å². The number of azo groups is 1. The first-order chi connectivity index (χ1) is 13.9. The smallest absolute Gasteiger partial charge is 0.251 e. The average Bonchev–Trinajstić information content (AvgIpc) is 2.70. The van der Waals surface area contributed by atoms with E-state index >= 15 is 0 Å². The average molecular weight is 385 g/mol. The van der Waals surface area contributed by atoms with Gasteiger partial charge in [-0.15, -0.1) is 5.11 Å². The van der Waals surface area contributed by atoms with Crippen LogP contribution in [0.3, 0.4) is 0 Å². The van der Waals surface area contributed by atoms with E-state index in [0.29, 0.717) is 28.2 Å². The van der Waals surface area contributed by atoms with Gasteiger partial charge in [-0.3, -0.25) is 4.79 Å². The molecule has 3 rings (SSSR count). The summed E-state index contributed by atoms with van der Waals surface area (Å²) in [5, 5.41) is 20.5. The number of hydrogen-bond acceptors (Lipinski definition) is 5. The number of nitrogens with one attached hydrogen (secondary N) is 1. The monoisotopic (exact) mass is 385 g/mol. The van der Waals surface area contributed by atoms with E-state index in [-0.39, 0.29) is 17.9 Å². The summed E-state index contributed by atoms with van der Waals surface area (Å²) in [5.74, 6) is -0.0416. The number of nitriles is 1. The molecule has 29 heavy (non-hydrogen) atoms. The van der Waals surface area contributed by atoms with Crippen LogP contribution in [0.4, 0.5) is 11.4 Å². The molecule has 0 aromatic heterocycles. The Hall–Kier alpha value is -3.72. The first kappa shape index (κ1) is 20.0. The van der Waals surface area contributed by atoms with E-state index in [9.17, 15) is 4.79 Å². The Labute approximate surface area is 170 Å². The lowest BCUT2D eigenvalue weighted by Crippen LogP contribution is -2.40. The van der Waals surface area contributed by atoms with Gasteiger partial charge in [0.15, 0.2) is 0 Å². The van der Waals surface area contributed by atoms with Crippen LogP contribution in [0, 0.1) is 24.2 Å². The number of nitrogens with two attached hydrogens (primary N) is 1. The predicted octanol–water partition coefficient (Wildman–Crippen LogP) is 4.81. The van der Waals surface area contributed by atoms with Gasteiger partial charge in [-0.25, -0.2) is 0 Å². The summed E-state index contributed by atoms with van der Waals surface area (Å²) in [6.07, 6.45) is 3.87. The van der Waals surface area contributed by atoms with Crippen molar-refractivity contribution in [3.8, 4) is 6.07 Å². The Bertz CT molecular complexity index is 1060. The third-order valence-electron chi connectivity index (χ3n) is 4.86. The van der Waals surface area contributed by atoms with Crippen molar-refractivity contribution in [2.24, 2.45) is 16.1 Å². The lowest BCUT2D eigenvalue weighted by molar-refractivity contribution is 0.0936. The van der Waals surface area contributed by atoms with Crippen LogP contribution in [0.1, 0.15) is 35.3 Å². The Kier molecular flexibility index (Phi) is 5.89. The van der Waals surface area contributed by atoms with Gasteiger partial charge in [0.25, 0.3) is 5.91 Å². The van der Waals surface area contributed by atoms with E-state index in [1.54, 1.807) is 18.2 Å². The number of nitrogens with zero attached hydrogens (tertiary/aromatic N) is 3. The molecule has 0 bridgehead atoms. The number of hydrogen-bond donors (Lipinski definition) is 2. The van der Waals surface area contributed by atoms with E-state index < -0.39 is 0 Å². The van der Waals surface area contributed by atoms with E-state index in [1.165, 1.54) is 0 Å². The van der Waals surface area contributed by atoms with Gasteiger partial charge in [-0.1, -0.05) is 30.7 Å². The van der Waals surface area contributed by atoms with Crippen LogP contribution < -0.4 is 11.1 Å². The molecule has 0 saturated heterocycles. The summed E-state index contributed by atoms with van der Waals surface area (Å²) < 4.78 is 0. The van der Waals surface area contributed by atoms with Crippen LogP contribution in [-0.4, -0.2) is 11.9 Å². The van der Waals surface area contributed by atoms with Crippen molar-refractivity contribution in [2.75, 3.05) is 5.73 Å². The molecule has 0 radical (unpaired) electrons. The Morgan fingerprint density at radius 3 is 2.48 bits per heavy atom. The summed E-state index contributed by atoms with van der Waals surface area (Å²) in [7, 11) is 0. The maximum atomic E-state index is 12.6. The third kappa shape index (κ3) is 4.77. The molecule has 0 heterocycles. The minimum absolute atomic E-state index is 0.0571. The van der Waals surface area contributed by atoms with Crippen molar-refractivity contribution in [2.45, 2.75) is 26.8 Å². The van der Waals surface area contributed by atoms with E-state index in [4.69, 9.17) is 11.0 Å². The zero-order valence-electron chi connectivity index (χ0n) is 16.7. The van der Waals surface area contributed by atoms with Crippen LogP contribution in [0.5, 0.6) is 0 Å². The van der Waals surface area contributed by atoms with Gasteiger partial charge >= 0.3 is 0 Å². The molecule has 0 saturated carbocycles. The van der Waals surface area contributed by atoms with Crippen LogP contribution in [0.15, 0.2) is 76.1 Å². The second-order valence-corrected chi connectivity index (χ2v) is 7.24. The Morgan fingerprint density at radius 2 is 1.86 bits per heavy atom. The maximum Gasteiger partial charge on any atom is 0.251 e. The minimum Gasteiger partial charge on any atom is -0.397 e. The zero-order chi connectivity index (χ0) is 21.0. The molecule has 6 nitrogen and oxygen atoms in total. The predicted molar refractivity (Wildman–Crippen MR) is 114 cm³/mol. The summed E-state index contributed by atoms with van der Waals surface area (Å²) >= 11 is 0. The molecule has 1 amide bonds. The maximum absolute atomic E-state index is 12.6. The lowest BCUT2D eigenvalue weighted by Gasteiger charge is -2.27. The molecular formula is C23H23N5O. The minimum atomic E-state index is -0.109. The van der Waals surface area contributed by atoms with Gasteiger partial charge in [0.2, 0.25) is 0 Å². The molecule has 2 aromatic rings. The Balaban J connectivity index is 1.71. The van der Waals surface area contributed by atoms with Gasteiger partial charge in [0.1, 0.15) is 5.69 Å². The fourth-order valence-electron chi connectivity index (χ4n) is 3.22. The van der Waals surface area contributed by atoms with E-state index in [2.05, 4.69) is 15.5 Å². The third-order valence-corrected chi connectivity index (χ3v) is 4.86. The number of nitrogen functional groups attached to an aromatic ring is 1. The fraction of sp³-hybridized carbons (Fsp3) is 0.217. The number of rotatable bonds is 4. The number of allylic oxidation sites excluding steroid dienone is 1. The quantitative estimate of drug-likeness (QED) is 0.583. The number of anilines is 1. The summed E-state index contributed by atoms with van der Waals surface area (Å²) in [6, 6.07) is 14.3. The lowest BCUT2D eigenvalue weighted by atomic mass is 9.89. The topological polar surface area (TPSA) is 104 Å². The van der Waals surface area contributed by atoms with E-state index in [1.807, 2.05) is 63.3 Å². The second kappa shape index (κ2) is 8.53. The van der Waals surface area contributed by atoms with Crippen LogP contribution in [-0.2, 0) is 0 Å². The highest BCUT2D eigenvalue weighted by Crippen LogP contribution is 2.27. The molecule has 0 aliphatic heterocycles. The second-order valence-electron chi connectivity index (χ2n) is 7.24. The summed E-state index contributed by atoms with van der Waals surface area (Å²) in [6.45, 7) is 5.99. The molecule has 2 aromatic carbocycles. The van der Waals surface area contributed by atoms with Crippen LogP contribution >= 0.6 is 0 Å². The number of aryl methyl sites for hydroxylation is 1. The highest BCUT2D eigenvalue weighted by molar-refractivity contribution is 5.94. The molecule has 0 spiro atoms. The van der Waals surface area contributed by atoms with Gasteiger partial charge in [0, 0.05) is 11.5 Å². The molecule has 2 unspecified atom stereocenters. The van der Waals surface area contributed by atoms with Crippen molar-refractivity contribution >= 4 is 17.3 Å². The molecule has 1 aliphatic rings. The standard InChI is InChI=1S/C23H23N5O/c1-14-4-7-18(8-5-14)23(29)26-22-15(2)10-19(11-16(22)3)27-28-21-9-6-17(13-24)12-20(21)25/h4-12,15,22H,25H2,1-3H3,(H,26,29). The van der Waals surface area contributed by atoms with Gasteiger partial charge in [0.05, 0.1) is 29.1 Å². The molecular weight excluding hydrogens is 362 g/mol. The van der Waals surface area contributed by atoms with Crippen LogP contribution in [0.2, 0.25) is 0 Å². The molecule has 2 atom stereocenters. The highest BCUT2D eigenvalue weighted by atomic mass is 16.1.